The van der Waals surface area contributed by atoms with Gasteiger partial charge in [-0.2, -0.15) is 0 Å². The van der Waals surface area contributed by atoms with Gasteiger partial charge in [0, 0.05) is 23.0 Å². The molecule has 0 spiro atoms. The number of benzene rings is 1. The number of amides is 1. The van der Waals surface area contributed by atoms with Crippen molar-refractivity contribution in [1.29, 1.82) is 0 Å². The standard InChI is InChI=1S/C13H16BrF2NO/c1-8(2)3-10(14)7-17-13(18)9-4-11(15)6-12(16)5-9/h4-6,8,10H,3,7H2,1-2H3,(H,17,18). The number of halogens is 3. The van der Waals surface area contributed by atoms with Crippen molar-refractivity contribution >= 4 is 21.8 Å². The molecule has 0 saturated heterocycles. The molecule has 1 atom stereocenters. The van der Waals surface area contributed by atoms with Crippen LogP contribution in [0.15, 0.2) is 18.2 Å². The van der Waals surface area contributed by atoms with E-state index in [2.05, 4.69) is 35.1 Å². The summed E-state index contributed by atoms with van der Waals surface area (Å²) in [6, 6.07) is 2.77. The highest BCUT2D eigenvalue weighted by Gasteiger charge is 2.12. The van der Waals surface area contributed by atoms with Gasteiger partial charge in [0.1, 0.15) is 11.6 Å². The molecule has 2 nitrogen and oxygen atoms in total. The average molecular weight is 320 g/mol. The Kier molecular flexibility index (Phi) is 5.72. The Morgan fingerprint density at radius 3 is 2.33 bits per heavy atom. The molecule has 18 heavy (non-hydrogen) atoms. The van der Waals surface area contributed by atoms with E-state index in [1.807, 2.05) is 0 Å². The molecule has 0 saturated carbocycles. The second kappa shape index (κ2) is 6.83. The van der Waals surface area contributed by atoms with Crippen LogP contribution in [0.1, 0.15) is 30.6 Å². The zero-order valence-corrected chi connectivity index (χ0v) is 11.9. The lowest BCUT2D eigenvalue weighted by Gasteiger charge is -2.13. The van der Waals surface area contributed by atoms with E-state index < -0.39 is 17.5 Å². The maximum absolute atomic E-state index is 12.9. The number of rotatable bonds is 5. The molecule has 1 aromatic carbocycles. The SMILES string of the molecule is CC(C)CC(Br)CNC(=O)c1cc(F)cc(F)c1. The van der Waals surface area contributed by atoms with Crippen molar-refractivity contribution in [2.24, 2.45) is 5.92 Å². The van der Waals surface area contributed by atoms with Gasteiger partial charge in [0.05, 0.1) is 0 Å². The van der Waals surface area contributed by atoms with E-state index >= 15 is 0 Å². The van der Waals surface area contributed by atoms with Crippen molar-refractivity contribution in [1.82, 2.24) is 5.32 Å². The fraction of sp³-hybridized carbons (Fsp3) is 0.462. The van der Waals surface area contributed by atoms with Crippen LogP contribution in [0, 0.1) is 17.6 Å². The van der Waals surface area contributed by atoms with Crippen molar-refractivity contribution < 1.29 is 13.6 Å². The van der Waals surface area contributed by atoms with Crippen LogP contribution in [-0.4, -0.2) is 17.3 Å². The number of nitrogens with one attached hydrogen (secondary N) is 1. The molecule has 0 bridgehead atoms. The van der Waals surface area contributed by atoms with Gasteiger partial charge in [-0.05, 0) is 24.5 Å². The third kappa shape index (κ3) is 5.12. The summed E-state index contributed by atoms with van der Waals surface area (Å²) >= 11 is 3.45. The first-order valence-corrected chi connectivity index (χ1v) is 6.68. The van der Waals surface area contributed by atoms with Gasteiger partial charge in [0.2, 0.25) is 0 Å². The second-order valence-electron chi connectivity index (χ2n) is 4.59. The Bertz CT molecular complexity index is 403. The first-order chi connectivity index (χ1) is 8.38. The quantitative estimate of drug-likeness (QED) is 0.827. The van der Waals surface area contributed by atoms with Gasteiger partial charge in [-0.25, -0.2) is 8.78 Å². The molecule has 5 heteroatoms. The largest absolute Gasteiger partial charge is 0.351 e. The third-order valence-electron chi connectivity index (χ3n) is 2.34. The van der Waals surface area contributed by atoms with E-state index in [1.54, 1.807) is 0 Å². The molecule has 0 heterocycles. The Labute approximate surface area is 114 Å². The van der Waals surface area contributed by atoms with Crippen LogP contribution < -0.4 is 5.32 Å². The fourth-order valence-electron chi connectivity index (χ4n) is 1.59. The number of carbonyl (C=O) groups excluding carboxylic acids is 1. The summed E-state index contributed by atoms with van der Waals surface area (Å²) in [5, 5.41) is 2.64. The highest BCUT2D eigenvalue weighted by molar-refractivity contribution is 9.09. The van der Waals surface area contributed by atoms with E-state index in [1.165, 1.54) is 0 Å². The third-order valence-corrected chi connectivity index (χ3v) is 3.03. The first kappa shape index (κ1) is 15.1. The Hall–Kier alpha value is -0.970. The molecule has 1 rings (SSSR count). The topological polar surface area (TPSA) is 29.1 Å². The Morgan fingerprint density at radius 1 is 1.28 bits per heavy atom. The van der Waals surface area contributed by atoms with Gasteiger partial charge in [0.25, 0.3) is 5.91 Å². The molecule has 100 valence electrons. The smallest absolute Gasteiger partial charge is 0.251 e. The summed E-state index contributed by atoms with van der Waals surface area (Å²) in [6.07, 6.45) is 0.914. The number of alkyl halides is 1. The van der Waals surface area contributed by atoms with Crippen molar-refractivity contribution in [3.8, 4) is 0 Å². The number of hydrogen-bond donors (Lipinski definition) is 1. The van der Waals surface area contributed by atoms with E-state index in [4.69, 9.17) is 0 Å². The molecule has 1 N–H and O–H groups in total. The van der Waals surface area contributed by atoms with E-state index in [0.29, 0.717) is 12.5 Å². The molecule has 0 aliphatic rings. The van der Waals surface area contributed by atoms with Gasteiger partial charge in [-0.1, -0.05) is 29.8 Å². The van der Waals surface area contributed by atoms with Crippen LogP contribution >= 0.6 is 15.9 Å². The lowest BCUT2D eigenvalue weighted by molar-refractivity contribution is 0.0952. The zero-order valence-electron chi connectivity index (χ0n) is 10.3. The molecule has 0 aliphatic carbocycles. The summed E-state index contributed by atoms with van der Waals surface area (Å²) in [5.74, 6) is -1.46. The first-order valence-electron chi connectivity index (χ1n) is 5.77. The van der Waals surface area contributed by atoms with E-state index in [-0.39, 0.29) is 10.4 Å². The van der Waals surface area contributed by atoms with Crippen LogP contribution in [0.3, 0.4) is 0 Å². The zero-order chi connectivity index (χ0) is 13.7. The van der Waals surface area contributed by atoms with E-state index in [9.17, 15) is 13.6 Å². The van der Waals surface area contributed by atoms with Crippen molar-refractivity contribution in [2.45, 2.75) is 25.1 Å². The van der Waals surface area contributed by atoms with Crippen LogP contribution in [0.25, 0.3) is 0 Å². The summed E-state index contributed by atoms with van der Waals surface area (Å²) in [5.41, 5.74) is -0.00301. The van der Waals surface area contributed by atoms with Crippen LogP contribution in [0.4, 0.5) is 8.78 Å². The lowest BCUT2D eigenvalue weighted by Crippen LogP contribution is -2.30. The van der Waals surface area contributed by atoms with Gasteiger partial charge in [-0.15, -0.1) is 0 Å². The van der Waals surface area contributed by atoms with Gasteiger partial charge >= 0.3 is 0 Å². The average Bonchev–Trinajstić information content (AvgIpc) is 2.23. The van der Waals surface area contributed by atoms with Gasteiger partial charge in [0.15, 0.2) is 0 Å². The maximum Gasteiger partial charge on any atom is 0.251 e. The predicted octanol–water partition coefficient (Wildman–Crippen LogP) is 3.50. The molecular formula is C13H16BrF2NO. The number of hydrogen-bond acceptors (Lipinski definition) is 1. The van der Waals surface area contributed by atoms with E-state index in [0.717, 1.165) is 24.6 Å². The fourth-order valence-corrected chi connectivity index (χ4v) is 2.49. The number of carbonyl (C=O) groups is 1. The summed E-state index contributed by atoms with van der Waals surface area (Å²) < 4.78 is 25.9. The highest BCUT2D eigenvalue weighted by Crippen LogP contribution is 2.12. The molecule has 0 aromatic heterocycles. The lowest BCUT2D eigenvalue weighted by atomic mass is 10.1. The maximum atomic E-state index is 12.9. The Morgan fingerprint density at radius 2 is 1.83 bits per heavy atom. The van der Waals surface area contributed by atoms with Gasteiger partial charge < -0.3 is 5.32 Å². The molecule has 1 unspecified atom stereocenters. The predicted molar refractivity (Wildman–Crippen MR) is 70.9 cm³/mol. The minimum Gasteiger partial charge on any atom is -0.351 e. The summed E-state index contributed by atoms with van der Waals surface area (Å²) in [4.78, 5) is 11.8. The molecule has 1 amide bonds. The Balaban J connectivity index is 2.55. The van der Waals surface area contributed by atoms with Gasteiger partial charge in [-0.3, -0.25) is 4.79 Å². The molecular weight excluding hydrogens is 304 g/mol. The van der Waals surface area contributed by atoms with Crippen LogP contribution in [-0.2, 0) is 0 Å². The van der Waals surface area contributed by atoms with Crippen LogP contribution in [0.5, 0.6) is 0 Å². The summed E-state index contributed by atoms with van der Waals surface area (Å²) in [7, 11) is 0. The molecule has 0 aliphatic heterocycles. The molecule has 0 radical (unpaired) electrons. The van der Waals surface area contributed by atoms with Crippen molar-refractivity contribution in [2.75, 3.05) is 6.54 Å². The van der Waals surface area contributed by atoms with Crippen molar-refractivity contribution in [3.05, 3.63) is 35.4 Å². The highest BCUT2D eigenvalue weighted by atomic mass is 79.9. The minimum absolute atomic E-state index is 0.00301. The second-order valence-corrected chi connectivity index (χ2v) is 5.89. The van der Waals surface area contributed by atoms with Crippen LogP contribution in [0.2, 0.25) is 0 Å². The normalized spacial score (nSPS) is 12.6. The molecule has 0 fully saturated rings. The summed E-state index contributed by atoms with van der Waals surface area (Å²) in [6.45, 7) is 4.59. The minimum atomic E-state index is -0.752. The monoisotopic (exact) mass is 319 g/mol. The molecule has 1 aromatic rings. The van der Waals surface area contributed by atoms with Crippen molar-refractivity contribution in [3.63, 3.8) is 0 Å².